The van der Waals surface area contributed by atoms with Gasteiger partial charge in [0.15, 0.2) is 15.7 Å². The van der Waals surface area contributed by atoms with E-state index in [1.54, 1.807) is 18.2 Å². The third-order valence-corrected chi connectivity index (χ3v) is 8.98. The van der Waals surface area contributed by atoms with Gasteiger partial charge < -0.3 is 25.2 Å². The number of likely N-dealkylation sites (N-methyl/N-ethyl adjacent to an activating group) is 1. The van der Waals surface area contributed by atoms with E-state index in [9.17, 15) is 13.2 Å². The van der Waals surface area contributed by atoms with E-state index in [4.69, 9.17) is 9.72 Å². The maximum atomic E-state index is 12.7. The molecule has 2 N–H and O–H groups in total. The van der Waals surface area contributed by atoms with Crippen molar-refractivity contribution in [2.45, 2.75) is 37.3 Å². The van der Waals surface area contributed by atoms with E-state index in [0.29, 0.717) is 23.0 Å². The molecule has 6 rings (SSSR count). The summed E-state index contributed by atoms with van der Waals surface area (Å²) < 4.78 is 30.2. The topological polar surface area (TPSA) is 120 Å². The number of nitrogens with one attached hydrogen (secondary N) is 2. The third kappa shape index (κ3) is 7.88. The number of hydrogen-bond donors (Lipinski definition) is 2. The normalized spacial score (nSPS) is 21.1. The second kappa shape index (κ2) is 12.6. The van der Waals surface area contributed by atoms with Gasteiger partial charge in [-0.3, -0.25) is 4.90 Å². The fourth-order valence-corrected chi connectivity index (χ4v) is 6.56. The monoisotopic (exact) mass is 605 g/mol. The number of rotatable bonds is 8. The lowest BCUT2D eigenvalue weighted by Crippen LogP contribution is -2.43. The van der Waals surface area contributed by atoms with Crippen LogP contribution in [-0.4, -0.2) is 99.0 Å². The van der Waals surface area contributed by atoms with Gasteiger partial charge in [0.2, 0.25) is 0 Å². The van der Waals surface area contributed by atoms with Gasteiger partial charge >= 0.3 is 6.03 Å². The molecule has 2 amide bonds. The van der Waals surface area contributed by atoms with Gasteiger partial charge in [0.05, 0.1) is 23.7 Å². The highest BCUT2D eigenvalue weighted by atomic mass is 32.2. The molecule has 0 aliphatic carbocycles. The largest absolute Gasteiger partial charge is 0.371 e. The van der Waals surface area contributed by atoms with E-state index in [0.717, 1.165) is 69.9 Å². The highest BCUT2D eigenvalue weighted by molar-refractivity contribution is 7.89. The molecule has 2 bridgehead atoms. The molecule has 0 radical (unpaired) electrons. The number of fused-ring (bicyclic) bond motifs is 2. The van der Waals surface area contributed by atoms with Crippen molar-refractivity contribution in [1.82, 2.24) is 19.8 Å². The van der Waals surface area contributed by atoms with Crippen LogP contribution in [0.4, 0.5) is 22.0 Å². The summed E-state index contributed by atoms with van der Waals surface area (Å²) in [5.41, 5.74) is 3.74. The molecular formula is C31H39N7O4S. The van der Waals surface area contributed by atoms with E-state index in [1.165, 1.54) is 11.8 Å². The van der Waals surface area contributed by atoms with Crippen molar-refractivity contribution in [1.29, 1.82) is 0 Å². The van der Waals surface area contributed by atoms with Crippen molar-refractivity contribution in [2.24, 2.45) is 0 Å². The quantitative estimate of drug-likeness (QED) is 0.398. The van der Waals surface area contributed by atoms with E-state index in [1.807, 2.05) is 24.3 Å². The fraction of sp³-hybridized carbons (Fsp3) is 0.452. The van der Waals surface area contributed by atoms with Crippen LogP contribution in [0.2, 0.25) is 0 Å². The summed E-state index contributed by atoms with van der Waals surface area (Å²) in [6.45, 7) is 6.64. The van der Waals surface area contributed by atoms with E-state index < -0.39 is 9.84 Å². The van der Waals surface area contributed by atoms with Crippen LogP contribution in [0.1, 0.15) is 24.1 Å². The Labute approximate surface area is 253 Å². The van der Waals surface area contributed by atoms with Crippen molar-refractivity contribution in [3.8, 4) is 11.4 Å². The summed E-state index contributed by atoms with van der Waals surface area (Å²) in [6, 6.07) is 16.6. The first-order valence-corrected chi connectivity index (χ1v) is 16.9. The number of anilines is 3. The van der Waals surface area contributed by atoms with Gasteiger partial charge in [-0.25, -0.2) is 23.2 Å². The minimum atomic E-state index is -3.28. The average Bonchev–Trinajstić information content (AvgIpc) is 3.31. The Kier molecular flexibility index (Phi) is 8.62. The summed E-state index contributed by atoms with van der Waals surface area (Å²) in [7, 11) is -1.13. The van der Waals surface area contributed by atoms with Gasteiger partial charge in [0.1, 0.15) is 5.82 Å². The minimum Gasteiger partial charge on any atom is -0.371 e. The zero-order valence-corrected chi connectivity index (χ0v) is 25.5. The summed E-state index contributed by atoms with van der Waals surface area (Å²) in [5.74, 6) is 0.992. The zero-order valence-electron chi connectivity index (χ0n) is 24.7. The van der Waals surface area contributed by atoms with Crippen LogP contribution in [-0.2, 0) is 26.9 Å². The molecule has 4 heterocycles. The second-order valence-corrected chi connectivity index (χ2v) is 14.0. The van der Waals surface area contributed by atoms with Crippen LogP contribution in [0.25, 0.3) is 11.4 Å². The van der Waals surface area contributed by atoms with Gasteiger partial charge in [-0.2, -0.15) is 0 Å². The number of ether oxygens (including phenoxy) is 1. The summed E-state index contributed by atoms with van der Waals surface area (Å²) >= 11 is 0. The number of sulfone groups is 1. The summed E-state index contributed by atoms with van der Waals surface area (Å²) in [5, 5.41) is 5.76. The number of amides is 2. The number of morpholine rings is 1. The molecule has 2 aromatic carbocycles. The SMILES string of the molecule is CN1CCN(Cc2ccc(NC(=O)Nc3ccc(-c4nc(CS(C)(=O)=O)cc(N5CC6CCC(C5)O6)n4)cc3)cc2)CC1. The highest BCUT2D eigenvalue weighted by Gasteiger charge is 2.34. The minimum absolute atomic E-state index is 0.163. The lowest BCUT2D eigenvalue weighted by atomic mass is 10.1. The first kappa shape index (κ1) is 29.5. The standard InChI is InChI=1S/C31H39N7O4S/c1-36-13-15-37(16-14-36)18-22-3-7-24(8-4-22)33-31(39)34-25-9-5-23(6-10-25)30-32-26(21-43(2,40)41)17-29(35-30)38-19-27-11-12-28(20-38)42-27/h3-10,17,27-28H,11-16,18-21H2,1-2H3,(H2,33,34,39). The Bertz CT molecular complexity index is 1530. The molecule has 3 aromatic rings. The first-order valence-electron chi connectivity index (χ1n) is 14.8. The van der Waals surface area contributed by atoms with Crippen molar-refractivity contribution in [2.75, 3.05) is 68.1 Å². The lowest BCUT2D eigenvalue weighted by Gasteiger charge is -2.33. The molecule has 0 saturated carbocycles. The number of urea groups is 1. The van der Waals surface area contributed by atoms with Crippen LogP contribution in [0.15, 0.2) is 54.6 Å². The van der Waals surface area contributed by atoms with Gasteiger partial charge in [-0.15, -0.1) is 0 Å². The molecule has 3 fully saturated rings. The highest BCUT2D eigenvalue weighted by Crippen LogP contribution is 2.30. The molecule has 3 aliphatic heterocycles. The molecule has 3 aliphatic rings. The molecule has 3 saturated heterocycles. The molecule has 1 aromatic heterocycles. The molecule has 2 atom stereocenters. The fourth-order valence-electron chi connectivity index (χ4n) is 5.87. The van der Waals surface area contributed by atoms with Crippen molar-refractivity contribution in [3.63, 3.8) is 0 Å². The summed E-state index contributed by atoms with van der Waals surface area (Å²) in [6.07, 6.45) is 3.61. The number of hydrogen-bond acceptors (Lipinski definition) is 9. The predicted molar refractivity (Wildman–Crippen MR) is 168 cm³/mol. The van der Waals surface area contributed by atoms with Crippen molar-refractivity contribution < 1.29 is 17.9 Å². The molecule has 0 spiro atoms. The Balaban J connectivity index is 1.10. The smallest absolute Gasteiger partial charge is 0.323 e. The second-order valence-electron chi connectivity index (χ2n) is 11.9. The number of nitrogens with zero attached hydrogens (tertiary/aromatic N) is 5. The Morgan fingerprint density at radius 2 is 1.51 bits per heavy atom. The maximum Gasteiger partial charge on any atom is 0.323 e. The summed E-state index contributed by atoms with van der Waals surface area (Å²) in [4.78, 5) is 29.0. The van der Waals surface area contributed by atoms with Gasteiger partial charge in [0, 0.05) is 75.1 Å². The number of carbonyl (C=O) groups is 1. The van der Waals surface area contributed by atoms with E-state index in [2.05, 4.69) is 49.5 Å². The molecular weight excluding hydrogens is 566 g/mol. The maximum absolute atomic E-state index is 12.7. The van der Waals surface area contributed by atoms with Crippen LogP contribution in [0.5, 0.6) is 0 Å². The van der Waals surface area contributed by atoms with Crippen molar-refractivity contribution >= 4 is 33.1 Å². The Morgan fingerprint density at radius 1 is 0.907 bits per heavy atom. The van der Waals surface area contributed by atoms with Crippen molar-refractivity contribution in [3.05, 3.63) is 65.9 Å². The Morgan fingerprint density at radius 3 is 2.12 bits per heavy atom. The number of piperazine rings is 1. The van der Waals surface area contributed by atoms with Crippen LogP contribution in [0.3, 0.4) is 0 Å². The molecule has 2 unspecified atom stereocenters. The lowest BCUT2D eigenvalue weighted by molar-refractivity contribution is 0.0302. The number of aromatic nitrogens is 2. The zero-order chi connectivity index (χ0) is 30.0. The van der Waals surface area contributed by atoms with Crippen LogP contribution < -0.4 is 15.5 Å². The molecule has 12 heteroatoms. The van der Waals surface area contributed by atoms with Crippen LogP contribution in [0, 0.1) is 0 Å². The van der Waals surface area contributed by atoms with Gasteiger partial charge in [-0.05, 0) is 61.9 Å². The Hall–Kier alpha value is -3.58. The molecule has 43 heavy (non-hydrogen) atoms. The molecule has 11 nitrogen and oxygen atoms in total. The molecule has 228 valence electrons. The van der Waals surface area contributed by atoms with Gasteiger partial charge in [-0.1, -0.05) is 12.1 Å². The average molecular weight is 606 g/mol. The third-order valence-electron chi connectivity index (χ3n) is 8.16. The van der Waals surface area contributed by atoms with E-state index >= 15 is 0 Å². The first-order chi connectivity index (χ1) is 20.6. The van der Waals surface area contributed by atoms with Gasteiger partial charge in [0.25, 0.3) is 0 Å². The number of carbonyl (C=O) groups excluding carboxylic acids is 1. The number of benzene rings is 2. The van der Waals surface area contributed by atoms with Crippen LogP contribution >= 0.6 is 0 Å². The van der Waals surface area contributed by atoms with E-state index in [-0.39, 0.29) is 24.0 Å². The predicted octanol–water partition coefficient (Wildman–Crippen LogP) is 3.45.